The molecule has 0 radical (unpaired) electrons. The van der Waals surface area contributed by atoms with Gasteiger partial charge in [-0.2, -0.15) is 15.0 Å². The molecule has 0 aliphatic rings. The Balaban J connectivity index is 2.09. The molecule has 0 spiro atoms. The fourth-order valence-corrected chi connectivity index (χ4v) is 2.24. The number of aromatic nitrogens is 6. The second-order valence-corrected chi connectivity index (χ2v) is 4.81. The number of thioether (sulfide) groups is 1. The Morgan fingerprint density at radius 1 is 1.22 bits per heavy atom. The molecular formula is C9H14N8S. The van der Waals surface area contributed by atoms with E-state index >= 15 is 0 Å². The maximum absolute atomic E-state index is 5.50. The first-order valence-corrected chi connectivity index (χ1v) is 6.33. The summed E-state index contributed by atoms with van der Waals surface area (Å²) in [5, 5.41) is 8.73. The molecule has 2 aromatic heterocycles. The first kappa shape index (κ1) is 12.6. The van der Waals surface area contributed by atoms with Gasteiger partial charge in [0.1, 0.15) is 12.2 Å². The first-order valence-electron chi connectivity index (χ1n) is 5.34. The minimum Gasteiger partial charge on any atom is -0.368 e. The van der Waals surface area contributed by atoms with E-state index in [0.717, 1.165) is 5.16 Å². The Labute approximate surface area is 108 Å². The topological polar surface area (TPSA) is 121 Å². The van der Waals surface area contributed by atoms with E-state index < -0.39 is 0 Å². The number of nitrogens with two attached hydrogens (primary N) is 2. The third kappa shape index (κ3) is 2.86. The van der Waals surface area contributed by atoms with Crippen molar-refractivity contribution in [3.8, 4) is 0 Å². The van der Waals surface area contributed by atoms with E-state index in [0.29, 0.717) is 17.6 Å². The number of nitrogens with zero attached hydrogens (tertiary/aromatic N) is 6. The molecule has 0 bridgehead atoms. The largest absolute Gasteiger partial charge is 0.368 e. The molecule has 8 nitrogen and oxygen atoms in total. The Morgan fingerprint density at radius 2 is 1.89 bits per heavy atom. The summed E-state index contributed by atoms with van der Waals surface area (Å²) >= 11 is 1.48. The lowest BCUT2D eigenvalue weighted by Crippen LogP contribution is -2.06. The molecule has 0 amide bonds. The standard InChI is InChI=1S/C9H14N8S/c1-5(2)17-4-12-16-9(17)18-3-6-13-7(10)15-8(11)14-6/h4-5H,3H2,1-2H3,(H4,10,11,13,14,15). The number of hydrogen-bond acceptors (Lipinski definition) is 8. The minimum atomic E-state index is 0.128. The van der Waals surface area contributed by atoms with Gasteiger partial charge in [-0.05, 0) is 13.8 Å². The average Bonchev–Trinajstić information content (AvgIpc) is 2.73. The van der Waals surface area contributed by atoms with Crippen LogP contribution in [0.15, 0.2) is 11.5 Å². The fourth-order valence-electron chi connectivity index (χ4n) is 1.34. The predicted molar refractivity (Wildman–Crippen MR) is 68.6 cm³/mol. The van der Waals surface area contributed by atoms with Crippen molar-refractivity contribution in [1.29, 1.82) is 0 Å². The number of nitrogen functional groups attached to an aromatic ring is 2. The highest BCUT2D eigenvalue weighted by atomic mass is 32.2. The predicted octanol–water partition coefficient (Wildman–Crippen LogP) is 0.501. The normalized spacial score (nSPS) is 11.1. The van der Waals surface area contributed by atoms with Gasteiger partial charge in [0.25, 0.3) is 0 Å². The summed E-state index contributed by atoms with van der Waals surface area (Å²) in [5.41, 5.74) is 11.0. The van der Waals surface area contributed by atoms with E-state index in [2.05, 4.69) is 39.0 Å². The molecule has 0 aliphatic carbocycles. The molecule has 0 aliphatic heterocycles. The van der Waals surface area contributed by atoms with Gasteiger partial charge in [0.15, 0.2) is 5.16 Å². The molecule has 0 unspecified atom stereocenters. The molecule has 0 atom stereocenters. The fraction of sp³-hybridized carbons (Fsp3) is 0.444. The maximum Gasteiger partial charge on any atom is 0.225 e. The summed E-state index contributed by atoms with van der Waals surface area (Å²) in [7, 11) is 0. The van der Waals surface area contributed by atoms with Crippen LogP contribution in [0.25, 0.3) is 0 Å². The van der Waals surface area contributed by atoms with Crippen LogP contribution >= 0.6 is 11.8 Å². The van der Waals surface area contributed by atoms with Gasteiger partial charge >= 0.3 is 0 Å². The van der Waals surface area contributed by atoms with Crippen molar-refractivity contribution in [2.45, 2.75) is 30.8 Å². The average molecular weight is 266 g/mol. The van der Waals surface area contributed by atoms with Gasteiger partial charge in [0, 0.05) is 6.04 Å². The van der Waals surface area contributed by atoms with Crippen LogP contribution in [0.2, 0.25) is 0 Å². The van der Waals surface area contributed by atoms with Crippen LogP contribution in [-0.2, 0) is 5.75 Å². The van der Waals surface area contributed by atoms with Crippen LogP contribution in [0.1, 0.15) is 25.7 Å². The van der Waals surface area contributed by atoms with Crippen LogP contribution in [0, 0.1) is 0 Å². The molecule has 2 heterocycles. The van der Waals surface area contributed by atoms with Crippen molar-refractivity contribution in [3.05, 3.63) is 12.2 Å². The van der Waals surface area contributed by atoms with E-state index in [1.165, 1.54) is 11.8 Å². The van der Waals surface area contributed by atoms with E-state index in [1.807, 2.05) is 4.57 Å². The first-order chi connectivity index (χ1) is 8.56. The molecule has 9 heteroatoms. The third-order valence-electron chi connectivity index (χ3n) is 2.14. The van der Waals surface area contributed by atoms with Crippen LogP contribution < -0.4 is 11.5 Å². The van der Waals surface area contributed by atoms with Crippen molar-refractivity contribution in [3.63, 3.8) is 0 Å². The summed E-state index contributed by atoms with van der Waals surface area (Å²) in [6.07, 6.45) is 1.70. The van der Waals surface area contributed by atoms with Crippen LogP contribution in [-0.4, -0.2) is 29.7 Å². The van der Waals surface area contributed by atoms with Crippen LogP contribution in [0.5, 0.6) is 0 Å². The van der Waals surface area contributed by atoms with Crippen molar-refractivity contribution >= 4 is 23.7 Å². The number of hydrogen-bond donors (Lipinski definition) is 2. The zero-order valence-electron chi connectivity index (χ0n) is 10.1. The van der Waals surface area contributed by atoms with E-state index in [4.69, 9.17) is 11.5 Å². The number of rotatable bonds is 4. The minimum absolute atomic E-state index is 0.128. The third-order valence-corrected chi connectivity index (χ3v) is 3.10. The highest BCUT2D eigenvalue weighted by molar-refractivity contribution is 7.98. The van der Waals surface area contributed by atoms with Crippen molar-refractivity contribution in [1.82, 2.24) is 29.7 Å². The molecule has 2 rings (SSSR count). The zero-order chi connectivity index (χ0) is 13.1. The molecule has 0 aromatic carbocycles. The monoisotopic (exact) mass is 266 g/mol. The summed E-state index contributed by atoms with van der Waals surface area (Å²) in [6.45, 7) is 4.12. The van der Waals surface area contributed by atoms with Crippen LogP contribution in [0.3, 0.4) is 0 Å². The summed E-state index contributed by atoms with van der Waals surface area (Å²) in [5.74, 6) is 1.30. The highest BCUT2D eigenvalue weighted by Gasteiger charge is 2.10. The SMILES string of the molecule is CC(C)n1cnnc1SCc1nc(N)nc(N)n1. The number of anilines is 2. The molecule has 0 saturated heterocycles. The zero-order valence-corrected chi connectivity index (χ0v) is 10.9. The molecule has 0 fully saturated rings. The second-order valence-electron chi connectivity index (χ2n) is 3.87. The molecule has 96 valence electrons. The van der Waals surface area contributed by atoms with Gasteiger partial charge in [0.2, 0.25) is 11.9 Å². The van der Waals surface area contributed by atoms with Gasteiger partial charge in [0.05, 0.1) is 5.75 Å². The van der Waals surface area contributed by atoms with Gasteiger partial charge in [-0.1, -0.05) is 11.8 Å². The van der Waals surface area contributed by atoms with Gasteiger partial charge in [-0.15, -0.1) is 10.2 Å². The lowest BCUT2D eigenvalue weighted by atomic mass is 10.4. The van der Waals surface area contributed by atoms with Gasteiger partial charge in [-0.25, -0.2) is 0 Å². The maximum atomic E-state index is 5.50. The van der Waals surface area contributed by atoms with Crippen molar-refractivity contribution in [2.24, 2.45) is 0 Å². The van der Waals surface area contributed by atoms with Crippen molar-refractivity contribution < 1.29 is 0 Å². The summed E-state index contributed by atoms with van der Waals surface area (Å²) < 4.78 is 1.97. The Hall–Kier alpha value is -1.90. The summed E-state index contributed by atoms with van der Waals surface area (Å²) in [4.78, 5) is 11.7. The lowest BCUT2D eigenvalue weighted by Gasteiger charge is -2.08. The molecule has 4 N–H and O–H groups in total. The van der Waals surface area contributed by atoms with Gasteiger partial charge < -0.3 is 16.0 Å². The Bertz CT molecular complexity index is 517. The van der Waals surface area contributed by atoms with Crippen molar-refractivity contribution in [2.75, 3.05) is 11.5 Å². The van der Waals surface area contributed by atoms with E-state index in [9.17, 15) is 0 Å². The van der Waals surface area contributed by atoms with E-state index in [1.54, 1.807) is 6.33 Å². The summed E-state index contributed by atoms with van der Waals surface area (Å²) in [6, 6.07) is 0.302. The quantitative estimate of drug-likeness (QED) is 0.767. The molecule has 2 aromatic rings. The molecule has 0 saturated carbocycles. The lowest BCUT2D eigenvalue weighted by molar-refractivity contribution is 0.549. The highest BCUT2D eigenvalue weighted by Crippen LogP contribution is 2.21. The molecule has 18 heavy (non-hydrogen) atoms. The smallest absolute Gasteiger partial charge is 0.225 e. The van der Waals surface area contributed by atoms with E-state index in [-0.39, 0.29) is 11.9 Å². The molecular weight excluding hydrogens is 252 g/mol. The Kier molecular flexibility index (Phi) is 3.60. The second kappa shape index (κ2) is 5.17. The van der Waals surface area contributed by atoms with Crippen LogP contribution in [0.4, 0.5) is 11.9 Å². The Morgan fingerprint density at radius 3 is 2.50 bits per heavy atom. The van der Waals surface area contributed by atoms with Gasteiger partial charge in [-0.3, -0.25) is 0 Å².